The fourth-order valence-electron chi connectivity index (χ4n) is 2.91. The van der Waals surface area contributed by atoms with E-state index >= 15 is 0 Å². The molecule has 7 N–H and O–H groups in total. The third-order valence-electron chi connectivity index (χ3n) is 4.92. The molecule has 1 aromatic rings. The minimum absolute atomic E-state index is 0.117. The van der Waals surface area contributed by atoms with Crippen LogP contribution in [0.3, 0.4) is 0 Å². The third kappa shape index (κ3) is 7.84. The molecule has 0 bridgehead atoms. The topological polar surface area (TPSA) is 189 Å². The van der Waals surface area contributed by atoms with E-state index in [1.165, 1.54) is 13.8 Å². The maximum Gasteiger partial charge on any atom is 0.328 e. The number of benzene rings is 1. The Balaban J connectivity index is 1.76. The lowest BCUT2D eigenvalue weighted by Gasteiger charge is -2.20. The molecule has 2 rings (SSSR count). The molecule has 0 radical (unpaired) electrons. The first-order valence-corrected chi connectivity index (χ1v) is 10.4. The highest BCUT2D eigenvalue weighted by molar-refractivity contribution is 5.98. The van der Waals surface area contributed by atoms with Gasteiger partial charge in [0, 0.05) is 12.1 Å². The smallest absolute Gasteiger partial charge is 0.328 e. The normalized spacial score (nSPS) is 17.8. The van der Waals surface area contributed by atoms with Crippen molar-refractivity contribution in [3.63, 3.8) is 0 Å². The molecular weight excluding hydrogens is 434 g/mol. The largest absolute Gasteiger partial charge is 0.464 e. The summed E-state index contributed by atoms with van der Waals surface area (Å²) in [5, 5.41) is 19.0. The second kappa shape index (κ2) is 11.9. The zero-order chi connectivity index (χ0) is 24.5. The summed E-state index contributed by atoms with van der Waals surface area (Å²) < 4.78 is 4.74. The van der Waals surface area contributed by atoms with Crippen LogP contribution in [0.25, 0.3) is 0 Å². The SMILES string of the molecule is C[C@H](NC(=O)[C@H](C)NC(=O)[C@@H](N)CC(=O)N[C@H]1CCOC1=O)C(=O)Nc1ccc(CO)cc1. The predicted octanol–water partition coefficient (Wildman–Crippen LogP) is -1.72. The minimum Gasteiger partial charge on any atom is -0.464 e. The monoisotopic (exact) mass is 463 g/mol. The molecule has 33 heavy (non-hydrogen) atoms. The fraction of sp³-hybridized carbons (Fsp3) is 0.476. The average Bonchev–Trinajstić information content (AvgIpc) is 3.17. The van der Waals surface area contributed by atoms with Crippen LogP contribution in [0.15, 0.2) is 24.3 Å². The number of ether oxygens (including phenoxy) is 1. The van der Waals surface area contributed by atoms with Gasteiger partial charge in [-0.2, -0.15) is 0 Å². The zero-order valence-electron chi connectivity index (χ0n) is 18.4. The number of aliphatic hydroxyl groups excluding tert-OH is 1. The van der Waals surface area contributed by atoms with Gasteiger partial charge < -0.3 is 36.8 Å². The summed E-state index contributed by atoms with van der Waals surface area (Å²) in [6, 6.07) is 2.63. The molecule has 1 saturated heterocycles. The van der Waals surface area contributed by atoms with Gasteiger partial charge in [0.05, 0.1) is 25.7 Å². The first-order chi connectivity index (χ1) is 15.6. The molecule has 0 aliphatic carbocycles. The van der Waals surface area contributed by atoms with Crippen molar-refractivity contribution in [2.75, 3.05) is 11.9 Å². The number of anilines is 1. The molecule has 12 nitrogen and oxygen atoms in total. The summed E-state index contributed by atoms with van der Waals surface area (Å²) in [6.07, 6.45) is -0.0270. The molecule has 4 amide bonds. The quantitative estimate of drug-likeness (QED) is 0.221. The van der Waals surface area contributed by atoms with Gasteiger partial charge in [0.15, 0.2) is 0 Å². The number of aliphatic hydroxyl groups is 1. The van der Waals surface area contributed by atoms with Crippen LogP contribution in [-0.4, -0.2) is 65.5 Å². The van der Waals surface area contributed by atoms with E-state index in [1.54, 1.807) is 24.3 Å². The summed E-state index contributed by atoms with van der Waals surface area (Å²) in [6.45, 7) is 2.99. The van der Waals surface area contributed by atoms with Crippen LogP contribution in [0.2, 0.25) is 0 Å². The number of hydrogen-bond donors (Lipinski definition) is 6. The van der Waals surface area contributed by atoms with E-state index in [-0.39, 0.29) is 19.6 Å². The average molecular weight is 463 g/mol. The van der Waals surface area contributed by atoms with Crippen LogP contribution < -0.4 is 27.0 Å². The van der Waals surface area contributed by atoms with Gasteiger partial charge in [0.1, 0.15) is 18.1 Å². The van der Waals surface area contributed by atoms with E-state index in [2.05, 4.69) is 21.3 Å². The molecule has 4 atom stereocenters. The van der Waals surface area contributed by atoms with Crippen molar-refractivity contribution >= 4 is 35.3 Å². The Bertz CT molecular complexity index is 889. The third-order valence-corrected chi connectivity index (χ3v) is 4.92. The molecule has 1 aromatic carbocycles. The Hall–Kier alpha value is -3.51. The molecule has 1 fully saturated rings. The molecule has 1 heterocycles. The molecular formula is C21H29N5O7. The number of cyclic esters (lactones) is 1. The van der Waals surface area contributed by atoms with E-state index < -0.39 is 53.8 Å². The first kappa shape index (κ1) is 25.7. The van der Waals surface area contributed by atoms with Gasteiger partial charge in [-0.15, -0.1) is 0 Å². The Morgan fingerprint density at radius 2 is 1.67 bits per heavy atom. The summed E-state index contributed by atoms with van der Waals surface area (Å²) >= 11 is 0. The highest BCUT2D eigenvalue weighted by atomic mass is 16.5. The molecule has 180 valence electrons. The predicted molar refractivity (Wildman–Crippen MR) is 116 cm³/mol. The maximum atomic E-state index is 12.3. The van der Waals surface area contributed by atoms with Crippen LogP contribution in [0.4, 0.5) is 5.69 Å². The number of carbonyl (C=O) groups is 5. The van der Waals surface area contributed by atoms with Crippen LogP contribution in [0.1, 0.15) is 32.3 Å². The lowest BCUT2D eigenvalue weighted by atomic mass is 10.1. The van der Waals surface area contributed by atoms with Crippen molar-refractivity contribution in [1.82, 2.24) is 16.0 Å². The van der Waals surface area contributed by atoms with E-state index in [0.717, 1.165) is 0 Å². The number of carbonyl (C=O) groups excluding carboxylic acids is 5. The van der Waals surface area contributed by atoms with Crippen LogP contribution >= 0.6 is 0 Å². The van der Waals surface area contributed by atoms with Crippen molar-refractivity contribution in [3.05, 3.63) is 29.8 Å². The lowest BCUT2D eigenvalue weighted by Crippen LogP contribution is -2.54. The number of rotatable bonds is 10. The standard InChI is InChI=1S/C21H29N5O7/c1-11(24-20(31)15(22)9-17(28)26-16-7-8-33-21(16)32)18(29)23-12(2)19(30)25-14-5-3-13(10-27)4-6-14/h3-6,11-12,15-16,27H,7-10,22H2,1-2H3,(H,23,29)(H,24,31)(H,25,30)(H,26,28)/t11-,12-,15-,16-/m0/s1. The van der Waals surface area contributed by atoms with E-state index in [1.807, 2.05) is 0 Å². The Kier molecular flexibility index (Phi) is 9.30. The second-order valence-electron chi connectivity index (χ2n) is 7.69. The van der Waals surface area contributed by atoms with E-state index in [9.17, 15) is 24.0 Å². The van der Waals surface area contributed by atoms with Crippen molar-refractivity contribution < 1.29 is 33.8 Å². The van der Waals surface area contributed by atoms with Crippen molar-refractivity contribution in [3.8, 4) is 0 Å². The summed E-state index contributed by atoms with van der Waals surface area (Å²) in [5.41, 5.74) is 6.92. The maximum absolute atomic E-state index is 12.3. The Morgan fingerprint density at radius 1 is 1.06 bits per heavy atom. The Morgan fingerprint density at radius 3 is 2.24 bits per heavy atom. The number of amides is 4. The van der Waals surface area contributed by atoms with Gasteiger partial charge in [-0.05, 0) is 31.5 Å². The van der Waals surface area contributed by atoms with Gasteiger partial charge >= 0.3 is 5.97 Å². The first-order valence-electron chi connectivity index (χ1n) is 10.4. The molecule has 0 aromatic heterocycles. The molecule has 1 aliphatic rings. The number of nitrogens with two attached hydrogens (primary N) is 1. The van der Waals surface area contributed by atoms with E-state index in [0.29, 0.717) is 17.7 Å². The fourth-order valence-corrected chi connectivity index (χ4v) is 2.91. The minimum atomic E-state index is -1.24. The lowest BCUT2D eigenvalue weighted by molar-refractivity contribution is -0.141. The molecule has 12 heteroatoms. The van der Waals surface area contributed by atoms with Crippen LogP contribution in [0.5, 0.6) is 0 Å². The molecule has 0 spiro atoms. The number of hydrogen-bond acceptors (Lipinski definition) is 8. The van der Waals surface area contributed by atoms with Crippen molar-refractivity contribution in [2.45, 2.75) is 57.5 Å². The van der Waals surface area contributed by atoms with Gasteiger partial charge in [-0.3, -0.25) is 19.2 Å². The van der Waals surface area contributed by atoms with Gasteiger partial charge in [0.25, 0.3) is 0 Å². The van der Waals surface area contributed by atoms with Crippen molar-refractivity contribution in [2.24, 2.45) is 5.73 Å². The number of esters is 1. The molecule has 1 aliphatic heterocycles. The van der Waals surface area contributed by atoms with Gasteiger partial charge in [-0.1, -0.05) is 12.1 Å². The Labute approximate surface area is 190 Å². The van der Waals surface area contributed by atoms with Crippen LogP contribution in [0, 0.1) is 0 Å². The number of nitrogens with one attached hydrogen (secondary N) is 4. The summed E-state index contributed by atoms with van der Waals surface area (Å²) in [7, 11) is 0. The second-order valence-corrected chi connectivity index (χ2v) is 7.69. The summed E-state index contributed by atoms with van der Waals surface area (Å²) in [4.78, 5) is 60.2. The summed E-state index contributed by atoms with van der Waals surface area (Å²) in [5.74, 6) is -2.95. The highest BCUT2D eigenvalue weighted by Gasteiger charge is 2.29. The molecule has 0 saturated carbocycles. The molecule has 0 unspecified atom stereocenters. The zero-order valence-corrected chi connectivity index (χ0v) is 18.4. The van der Waals surface area contributed by atoms with Crippen LogP contribution in [-0.2, 0) is 35.3 Å². The van der Waals surface area contributed by atoms with Gasteiger partial charge in [-0.25, -0.2) is 4.79 Å². The van der Waals surface area contributed by atoms with E-state index in [4.69, 9.17) is 15.6 Å². The van der Waals surface area contributed by atoms with Gasteiger partial charge in [0.2, 0.25) is 23.6 Å². The van der Waals surface area contributed by atoms with Crippen molar-refractivity contribution in [1.29, 1.82) is 0 Å². The highest BCUT2D eigenvalue weighted by Crippen LogP contribution is 2.10.